The second-order valence-electron chi connectivity index (χ2n) is 6.76. The van der Waals surface area contributed by atoms with Gasteiger partial charge in [-0.15, -0.1) is 0 Å². The predicted octanol–water partition coefficient (Wildman–Crippen LogP) is 1.54. The molecule has 0 saturated carbocycles. The van der Waals surface area contributed by atoms with E-state index >= 15 is 0 Å². The fourth-order valence-corrected chi connectivity index (χ4v) is 4.26. The van der Waals surface area contributed by atoms with Crippen LogP contribution >= 0.6 is 11.8 Å². The molecule has 10 heteroatoms. The van der Waals surface area contributed by atoms with Gasteiger partial charge < -0.3 is 4.52 Å². The van der Waals surface area contributed by atoms with E-state index in [2.05, 4.69) is 10.5 Å². The average molecular weight is 398 g/mol. The second kappa shape index (κ2) is 6.76. The van der Waals surface area contributed by atoms with Crippen LogP contribution in [0.15, 0.2) is 16.7 Å². The number of carbonyl (C=O) groups excluding carboxylic acids is 4. The standard InChI is InChI=1S/C18H14N4O5S/c1-8-7-22(18(26)28-8)16-12-4-9(2-10(6-19)15(12)27-21-16)3-11-13(23)5-14(24)20-17(11)25/h2,4,8,11H,3,5,7H2,1H3,(H,20,24,25)/t8-,11?/m0/s1. The number of nitrogens with zero attached hydrogens (tertiary/aromatic N) is 3. The molecule has 1 aromatic carbocycles. The van der Waals surface area contributed by atoms with Crippen molar-refractivity contribution in [3.63, 3.8) is 0 Å². The topological polar surface area (TPSA) is 133 Å². The molecule has 2 atom stereocenters. The lowest BCUT2D eigenvalue weighted by atomic mass is 9.89. The lowest BCUT2D eigenvalue weighted by molar-refractivity contribution is -0.143. The molecular weight excluding hydrogens is 384 g/mol. The van der Waals surface area contributed by atoms with Gasteiger partial charge >= 0.3 is 0 Å². The fraction of sp³-hybridized carbons (Fsp3) is 0.333. The van der Waals surface area contributed by atoms with Gasteiger partial charge in [0, 0.05) is 11.8 Å². The summed E-state index contributed by atoms with van der Waals surface area (Å²) in [6.45, 7) is 2.38. The predicted molar refractivity (Wildman–Crippen MR) is 98.5 cm³/mol. The van der Waals surface area contributed by atoms with Crippen molar-refractivity contribution in [3.8, 4) is 6.07 Å². The first kappa shape index (κ1) is 18.2. The van der Waals surface area contributed by atoms with Crippen molar-refractivity contribution in [1.29, 1.82) is 5.26 Å². The first-order valence-corrected chi connectivity index (χ1v) is 9.42. The minimum absolute atomic E-state index is 0.0340. The summed E-state index contributed by atoms with van der Waals surface area (Å²) in [6.07, 6.45) is -0.314. The number of nitrogens with one attached hydrogen (secondary N) is 1. The fourth-order valence-electron chi connectivity index (χ4n) is 3.40. The van der Waals surface area contributed by atoms with Gasteiger partial charge in [-0.1, -0.05) is 23.8 Å². The first-order valence-electron chi connectivity index (χ1n) is 8.54. The van der Waals surface area contributed by atoms with E-state index < -0.39 is 23.5 Å². The second-order valence-corrected chi connectivity index (χ2v) is 8.14. The largest absolute Gasteiger partial charge is 0.353 e. The third-order valence-corrected chi connectivity index (χ3v) is 5.67. The third kappa shape index (κ3) is 3.03. The molecule has 2 fully saturated rings. The van der Waals surface area contributed by atoms with Crippen molar-refractivity contribution in [1.82, 2.24) is 10.5 Å². The molecule has 1 N–H and O–H groups in total. The van der Waals surface area contributed by atoms with Crippen LogP contribution in [0.1, 0.15) is 24.5 Å². The Morgan fingerprint density at radius 3 is 2.79 bits per heavy atom. The van der Waals surface area contributed by atoms with Crippen LogP contribution in [0.4, 0.5) is 10.6 Å². The summed E-state index contributed by atoms with van der Waals surface area (Å²) in [6, 6.07) is 5.21. The molecule has 4 rings (SSSR count). The number of piperidine rings is 1. The number of Topliss-reactive ketones (excluding diaryl/α,β-unsaturated/α-hetero) is 1. The Hall–Kier alpha value is -3.19. The van der Waals surface area contributed by atoms with Crippen LogP contribution in [0.3, 0.4) is 0 Å². The Morgan fingerprint density at radius 2 is 2.14 bits per heavy atom. The Kier molecular flexibility index (Phi) is 4.39. The van der Waals surface area contributed by atoms with Crippen LogP contribution in [0, 0.1) is 17.2 Å². The number of hydrogen-bond acceptors (Lipinski definition) is 8. The van der Waals surface area contributed by atoms with Crippen molar-refractivity contribution in [2.45, 2.75) is 25.0 Å². The smallest absolute Gasteiger partial charge is 0.287 e. The van der Waals surface area contributed by atoms with Crippen LogP contribution < -0.4 is 10.2 Å². The number of fused-ring (bicyclic) bond motifs is 1. The summed E-state index contributed by atoms with van der Waals surface area (Å²) in [5, 5.41) is 16.0. The average Bonchev–Trinajstić information content (AvgIpc) is 3.19. The van der Waals surface area contributed by atoms with Gasteiger partial charge in [-0.25, -0.2) is 0 Å². The van der Waals surface area contributed by atoms with Gasteiger partial charge in [0.15, 0.2) is 17.2 Å². The maximum absolute atomic E-state index is 12.2. The SMILES string of the molecule is C[C@H]1CN(c2noc3c(C#N)cc(CC4C(=O)CC(=O)NC4=O)cc23)C(=O)S1. The molecule has 2 saturated heterocycles. The van der Waals surface area contributed by atoms with Crippen molar-refractivity contribution < 1.29 is 23.7 Å². The van der Waals surface area contributed by atoms with Gasteiger partial charge in [0.2, 0.25) is 11.8 Å². The Morgan fingerprint density at radius 1 is 1.36 bits per heavy atom. The normalized spacial score (nSPS) is 22.6. The molecular formula is C18H14N4O5S. The number of nitriles is 1. The number of aromatic nitrogens is 1. The minimum Gasteiger partial charge on any atom is -0.353 e. The highest BCUT2D eigenvalue weighted by Crippen LogP contribution is 2.36. The van der Waals surface area contributed by atoms with Crippen molar-refractivity contribution in [2.75, 3.05) is 11.4 Å². The van der Waals surface area contributed by atoms with Crippen molar-refractivity contribution in [3.05, 3.63) is 23.3 Å². The molecule has 3 amide bonds. The highest BCUT2D eigenvalue weighted by Gasteiger charge is 2.35. The lowest BCUT2D eigenvalue weighted by Gasteiger charge is -2.19. The number of thioether (sulfide) groups is 1. The van der Waals surface area contributed by atoms with E-state index in [0.717, 1.165) is 0 Å². The summed E-state index contributed by atoms with van der Waals surface area (Å²) in [5.41, 5.74) is 0.982. The summed E-state index contributed by atoms with van der Waals surface area (Å²) in [4.78, 5) is 49.2. The minimum atomic E-state index is -1.01. The monoisotopic (exact) mass is 398 g/mol. The molecule has 0 radical (unpaired) electrons. The third-order valence-electron chi connectivity index (χ3n) is 4.69. The summed E-state index contributed by atoms with van der Waals surface area (Å²) in [7, 11) is 0. The number of benzene rings is 1. The molecule has 0 aliphatic carbocycles. The number of carbonyl (C=O) groups is 4. The zero-order chi connectivity index (χ0) is 20.0. The van der Waals surface area contributed by atoms with E-state index in [1.807, 2.05) is 13.0 Å². The highest BCUT2D eigenvalue weighted by molar-refractivity contribution is 8.14. The van der Waals surface area contributed by atoms with Gasteiger partial charge in [0.05, 0.1) is 17.4 Å². The summed E-state index contributed by atoms with van der Waals surface area (Å²) in [5.74, 6) is -2.41. The molecule has 2 aromatic rings. The summed E-state index contributed by atoms with van der Waals surface area (Å²) < 4.78 is 5.30. The Balaban J connectivity index is 1.74. The quantitative estimate of drug-likeness (QED) is 0.608. The van der Waals surface area contributed by atoms with Crippen LogP contribution in [-0.2, 0) is 20.8 Å². The van der Waals surface area contributed by atoms with Crippen LogP contribution in [-0.4, -0.2) is 39.8 Å². The van der Waals surface area contributed by atoms with Gasteiger partial charge in [-0.2, -0.15) is 5.26 Å². The molecule has 3 heterocycles. The molecule has 2 aliphatic rings. The van der Waals surface area contributed by atoms with Gasteiger partial charge in [-0.3, -0.25) is 29.4 Å². The van der Waals surface area contributed by atoms with E-state index in [0.29, 0.717) is 23.3 Å². The van der Waals surface area contributed by atoms with Gasteiger partial charge in [-0.05, 0) is 24.1 Å². The summed E-state index contributed by atoms with van der Waals surface area (Å²) >= 11 is 1.19. The van der Waals surface area contributed by atoms with E-state index in [1.165, 1.54) is 22.7 Å². The van der Waals surface area contributed by atoms with Gasteiger partial charge in [0.25, 0.3) is 5.24 Å². The van der Waals surface area contributed by atoms with Crippen LogP contribution in [0.25, 0.3) is 11.0 Å². The number of rotatable bonds is 3. The molecule has 1 unspecified atom stereocenters. The number of anilines is 1. The molecule has 142 valence electrons. The number of amides is 3. The van der Waals surface area contributed by atoms with Crippen LogP contribution in [0.5, 0.6) is 0 Å². The van der Waals surface area contributed by atoms with E-state index in [9.17, 15) is 24.4 Å². The highest BCUT2D eigenvalue weighted by atomic mass is 32.2. The van der Waals surface area contributed by atoms with Crippen molar-refractivity contribution in [2.24, 2.45) is 5.92 Å². The maximum Gasteiger partial charge on any atom is 0.287 e. The molecule has 9 nitrogen and oxygen atoms in total. The molecule has 1 aromatic heterocycles. The Labute approximate surface area is 163 Å². The molecule has 0 spiro atoms. The molecule has 28 heavy (non-hydrogen) atoms. The Bertz CT molecular complexity index is 1070. The van der Waals surface area contributed by atoms with Crippen LogP contribution in [0.2, 0.25) is 0 Å². The maximum atomic E-state index is 12.2. The van der Waals surface area contributed by atoms with E-state index in [-0.39, 0.29) is 34.5 Å². The van der Waals surface area contributed by atoms with E-state index in [4.69, 9.17) is 4.52 Å². The number of ketones is 1. The molecule has 2 aliphatic heterocycles. The first-order chi connectivity index (χ1) is 13.4. The zero-order valence-electron chi connectivity index (χ0n) is 14.7. The number of hydrogen-bond donors (Lipinski definition) is 1. The van der Waals surface area contributed by atoms with E-state index in [1.54, 1.807) is 6.07 Å². The van der Waals surface area contributed by atoms with Gasteiger partial charge in [0.1, 0.15) is 12.0 Å². The number of imide groups is 1. The zero-order valence-corrected chi connectivity index (χ0v) is 15.5. The molecule has 0 bridgehead atoms. The lowest BCUT2D eigenvalue weighted by Crippen LogP contribution is -2.46. The van der Waals surface area contributed by atoms with Crippen molar-refractivity contribution >= 4 is 51.4 Å².